The third kappa shape index (κ3) is 3.25. The Morgan fingerprint density at radius 3 is 2.38 bits per heavy atom. The first-order chi connectivity index (χ1) is 15.5. The second-order valence-corrected chi connectivity index (χ2v) is 9.95. The van der Waals surface area contributed by atoms with Crippen LogP contribution in [0.5, 0.6) is 0 Å². The van der Waals surface area contributed by atoms with Crippen molar-refractivity contribution in [3.05, 3.63) is 52.5 Å². The minimum Gasteiger partial charge on any atom is -0.359 e. The number of aryl methyl sites for hydroxylation is 1. The molecule has 164 valence electrons. The van der Waals surface area contributed by atoms with E-state index in [0.717, 1.165) is 59.3 Å². The number of nitrogens with zero attached hydrogens (tertiary/aromatic N) is 4. The topological polar surface area (TPSA) is 106 Å². The molecule has 0 amide bonds. The third-order valence-corrected chi connectivity index (χ3v) is 7.55. The maximum absolute atomic E-state index is 12.2. The zero-order chi connectivity index (χ0) is 21.9. The van der Waals surface area contributed by atoms with Gasteiger partial charge in [0.05, 0.1) is 10.4 Å². The highest BCUT2D eigenvalue weighted by Gasteiger charge is 2.51. The second-order valence-electron chi connectivity index (χ2n) is 9.95. The van der Waals surface area contributed by atoms with Crippen LogP contribution in [0, 0.1) is 34.8 Å². The van der Waals surface area contributed by atoms with Crippen LogP contribution >= 0.6 is 0 Å². The van der Waals surface area contributed by atoms with Gasteiger partial charge in [-0.2, -0.15) is 0 Å². The molecule has 2 heterocycles. The van der Waals surface area contributed by atoms with E-state index in [-0.39, 0.29) is 22.0 Å². The molecule has 0 aliphatic heterocycles. The molecular formula is C24H26N6O2. The van der Waals surface area contributed by atoms with Gasteiger partial charge in [-0.1, -0.05) is 6.07 Å². The summed E-state index contributed by atoms with van der Waals surface area (Å²) in [4.78, 5) is 24.9. The maximum atomic E-state index is 12.2. The zero-order valence-electron chi connectivity index (χ0n) is 18.0. The summed E-state index contributed by atoms with van der Waals surface area (Å²) in [5.41, 5.74) is 2.31. The van der Waals surface area contributed by atoms with Gasteiger partial charge >= 0.3 is 5.69 Å². The molecule has 0 spiro atoms. The Labute approximate surface area is 186 Å². The number of nitrogens with one attached hydrogen (secondary N) is 2. The fourth-order valence-electron chi connectivity index (χ4n) is 6.74. The van der Waals surface area contributed by atoms with E-state index < -0.39 is 0 Å². The van der Waals surface area contributed by atoms with Crippen molar-refractivity contribution in [1.29, 1.82) is 0 Å². The molecule has 0 saturated heterocycles. The van der Waals surface area contributed by atoms with Gasteiger partial charge in [0.25, 0.3) is 0 Å². The van der Waals surface area contributed by atoms with Gasteiger partial charge in [0.1, 0.15) is 6.33 Å². The Morgan fingerprint density at radius 2 is 1.69 bits per heavy atom. The van der Waals surface area contributed by atoms with E-state index in [2.05, 4.69) is 25.6 Å². The highest BCUT2D eigenvalue weighted by atomic mass is 16.6. The molecular weight excluding hydrogens is 404 g/mol. The van der Waals surface area contributed by atoms with Crippen molar-refractivity contribution in [3.63, 3.8) is 0 Å². The van der Waals surface area contributed by atoms with Gasteiger partial charge in [0.2, 0.25) is 11.6 Å². The van der Waals surface area contributed by atoms with E-state index in [0.29, 0.717) is 5.82 Å². The van der Waals surface area contributed by atoms with Crippen molar-refractivity contribution in [3.8, 4) is 0 Å². The van der Waals surface area contributed by atoms with E-state index in [1.807, 2.05) is 37.3 Å². The lowest BCUT2D eigenvalue weighted by atomic mass is 9.53. The summed E-state index contributed by atoms with van der Waals surface area (Å²) in [5.74, 6) is 2.73. The number of benzene rings is 1. The Morgan fingerprint density at radius 1 is 1.00 bits per heavy atom. The van der Waals surface area contributed by atoms with Crippen LogP contribution in [0.1, 0.15) is 44.2 Å². The van der Waals surface area contributed by atoms with Crippen LogP contribution in [0.25, 0.3) is 10.9 Å². The van der Waals surface area contributed by atoms with Gasteiger partial charge in [-0.25, -0.2) is 9.97 Å². The summed E-state index contributed by atoms with van der Waals surface area (Å²) < 4.78 is 0. The number of hydrogen-bond donors (Lipinski definition) is 2. The molecule has 0 radical (unpaired) electrons. The lowest BCUT2D eigenvalue weighted by Gasteiger charge is -2.57. The minimum absolute atomic E-state index is 0.0774. The summed E-state index contributed by atoms with van der Waals surface area (Å²) in [7, 11) is 0. The fraction of sp³-hybridized carbons (Fsp3) is 0.458. The highest BCUT2D eigenvalue weighted by Crippen LogP contribution is 2.57. The molecule has 8 heteroatoms. The predicted octanol–water partition coefficient (Wildman–Crippen LogP) is 5.37. The molecule has 4 saturated carbocycles. The second kappa shape index (κ2) is 7.12. The molecule has 4 aliphatic carbocycles. The van der Waals surface area contributed by atoms with Gasteiger partial charge in [-0.3, -0.25) is 15.1 Å². The fourth-order valence-corrected chi connectivity index (χ4v) is 6.74. The minimum atomic E-state index is -0.376. The number of pyridine rings is 1. The summed E-state index contributed by atoms with van der Waals surface area (Å²) in [5, 5.41) is 19.8. The van der Waals surface area contributed by atoms with E-state index in [9.17, 15) is 10.1 Å². The van der Waals surface area contributed by atoms with Crippen molar-refractivity contribution in [1.82, 2.24) is 15.0 Å². The largest absolute Gasteiger partial charge is 0.359 e. The van der Waals surface area contributed by atoms with Crippen molar-refractivity contribution >= 4 is 33.9 Å². The summed E-state index contributed by atoms with van der Waals surface area (Å²) >= 11 is 0. The number of anilines is 3. The number of nitro groups is 1. The number of fused-ring (bicyclic) bond motifs is 1. The zero-order valence-corrected chi connectivity index (χ0v) is 18.0. The smallest absolute Gasteiger partial charge is 0.353 e. The van der Waals surface area contributed by atoms with Crippen LogP contribution in [0.4, 0.5) is 23.0 Å². The molecule has 3 aromatic rings. The third-order valence-electron chi connectivity index (χ3n) is 7.55. The maximum Gasteiger partial charge on any atom is 0.353 e. The lowest BCUT2D eigenvalue weighted by Crippen LogP contribution is -2.55. The van der Waals surface area contributed by atoms with Crippen LogP contribution < -0.4 is 10.6 Å². The monoisotopic (exact) mass is 430 g/mol. The van der Waals surface area contributed by atoms with E-state index in [1.165, 1.54) is 25.6 Å². The molecule has 4 aliphatic rings. The number of hydrogen-bond acceptors (Lipinski definition) is 7. The predicted molar refractivity (Wildman–Crippen MR) is 123 cm³/mol. The first-order valence-corrected chi connectivity index (χ1v) is 11.4. The van der Waals surface area contributed by atoms with E-state index in [4.69, 9.17) is 0 Å². The first-order valence-electron chi connectivity index (χ1n) is 11.4. The summed E-state index contributed by atoms with van der Waals surface area (Å²) in [6.07, 6.45) is 8.59. The highest BCUT2D eigenvalue weighted by molar-refractivity contribution is 5.94. The molecule has 2 aromatic heterocycles. The first kappa shape index (κ1) is 19.4. The van der Waals surface area contributed by atoms with Gasteiger partial charge in [0.15, 0.2) is 0 Å². The Bertz CT molecular complexity index is 1190. The van der Waals surface area contributed by atoms with Gasteiger partial charge in [-0.05, 0) is 87.5 Å². The van der Waals surface area contributed by atoms with Crippen LogP contribution in [-0.2, 0) is 0 Å². The molecule has 8 nitrogen and oxygen atoms in total. The quantitative estimate of drug-likeness (QED) is 0.414. The SMILES string of the molecule is Cc1ccc2c(Nc3ncnc(NC45CC6CC(CC(C6)C4)C5)c3[N+](=O)[O-])cccc2n1. The average molecular weight is 431 g/mol. The molecule has 1 aromatic carbocycles. The molecule has 32 heavy (non-hydrogen) atoms. The van der Waals surface area contributed by atoms with Crippen molar-refractivity contribution in [2.24, 2.45) is 17.8 Å². The number of rotatable bonds is 5. The molecule has 4 bridgehead atoms. The molecule has 0 atom stereocenters. The normalized spacial score (nSPS) is 28.1. The van der Waals surface area contributed by atoms with Gasteiger partial charge in [-0.15, -0.1) is 0 Å². The Balaban J connectivity index is 1.37. The number of aromatic nitrogens is 3. The van der Waals surface area contributed by atoms with Crippen LogP contribution in [0.2, 0.25) is 0 Å². The van der Waals surface area contributed by atoms with Crippen molar-refractivity contribution in [2.45, 2.75) is 51.0 Å². The Hall–Kier alpha value is -3.29. The average Bonchev–Trinajstić information content (AvgIpc) is 2.72. The van der Waals surface area contributed by atoms with Crippen LogP contribution in [-0.4, -0.2) is 25.4 Å². The lowest BCUT2D eigenvalue weighted by molar-refractivity contribution is -0.383. The molecule has 2 N–H and O–H groups in total. The van der Waals surface area contributed by atoms with E-state index in [1.54, 1.807) is 0 Å². The molecule has 4 fully saturated rings. The van der Waals surface area contributed by atoms with Gasteiger partial charge < -0.3 is 10.6 Å². The Kier molecular flexibility index (Phi) is 4.31. The molecule has 7 rings (SSSR count). The summed E-state index contributed by atoms with van der Waals surface area (Å²) in [6, 6.07) is 9.61. The molecule has 0 unspecified atom stereocenters. The van der Waals surface area contributed by atoms with Crippen molar-refractivity contribution < 1.29 is 4.92 Å². The summed E-state index contributed by atoms with van der Waals surface area (Å²) in [6.45, 7) is 1.94. The van der Waals surface area contributed by atoms with Crippen LogP contribution in [0.15, 0.2) is 36.7 Å². The standard InChI is InChI=1S/C24H26N6O2/c1-14-5-6-18-19(27-14)3-2-4-20(18)28-22-21(30(31)32)23(26-13-25-22)29-24-10-15-7-16(11-24)9-17(8-15)12-24/h2-6,13,15-17H,7-12H2,1H3,(H2,25,26,28,29). The van der Waals surface area contributed by atoms with Gasteiger partial charge in [0, 0.05) is 22.3 Å². The van der Waals surface area contributed by atoms with Crippen molar-refractivity contribution in [2.75, 3.05) is 10.6 Å². The van der Waals surface area contributed by atoms with Crippen LogP contribution in [0.3, 0.4) is 0 Å². The van der Waals surface area contributed by atoms with E-state index >= 15 is 0 Å².